The second kappa shape index (κ2) is 9.09. The Kier molecular flexibility index (Phi) is 6.13. The monoisotopic (exact) mass is 482 g/mol. The van der Waals surface area contributed by atoms with Crippen LogP contribution >= 0.6 is 0 Å². The van der Waals surface area contributed by atoms with Crippen LogP contribution in [-0.2, 0) is 10.0 Å². The van der Waals surface area contributed by atoms with Gasteiger partial charge in [0.2, 0.25) is 16.0 Å². The highest BCUT2D eigenvalue weighted by Gasteiger charge is 2.28. The smallest absolute Gasteiger partial charge is 0.252 e. The van der Waals surface area contributed by atoms with Crippen molar-refractivity contribution in [2.45, 2.75) is 43.5 Å². The van der Waals surface area contributed by atoms with Gasteiger partial charge in [-0.1, -0.05) is 12.8 Å². The second-order valence-electron chi connectivity index (χ2n) is 9.26. The first-order valence-corrected chi connectivity index (χ1v) is 13.2. The van der Waals surface area contributed by atoms with E-state index in [4.69, 9.17) is 0 Å². The van der Waals surface area contributed by atoms with E-state index in [2.05, 4.69) is 20.2 Å². The maximum atomic E-state index is 13.1. The first-order chi connectivity index (χ1) is 16.3. The van der Waals surface area contributed by atoms with E-state index in [0.29, 0.717) is 24.7 Å². The van der Waals surface area contributed by atoms with Gasteiger partial charge in [0.15, 0.2) is 0 Å². The number of likely N-dealkylation sites (N-methyl/N-ethyl adjacent to an activating group) is 1. The highest BCUT2D eigenvalue weighted by atomic mass is 32.2. The van der Waals surface area contributed by atoms with Crippen LogP contribution in [0, 0.1) is 6.92 Å². The van der Waals surface area contributed by atoms with Crippen molar-refractivity contribution in [3.63, 3.8) is 0 Å². The molecule has 0 bridgehead atoms. The second-order valence-corrected chi connectivity index (χ2v) is 11.2. The van der Waals surface area contributed by atoms with Crippen molar-refractivity contribution in [3.8, 4) is 0 Å². The summed E-state index contributed by atoms with van der Waals surface area (Å²) in [6, 6.07) is 8.57. The molecule has 0 amide bonds. The fourth-order valence-electron chi connectivity index (χ4n) is 4.85. The maximum absolute atomic E-state index is 13.1. The third-order valence-electron chi connectivity index (χ3n) is 6.90. The standard InChI is InChI=1S/C24H30N6O3S/c1-17-15-20(34(32,33)29-13-11-28(2)12-14-29)8-9-21(17)26-24-25-16-18-7-10-22(31)30(23(18)27-24)19-5-3-4-6-19/h7-10,15-16,19H,3-6,11-14H2,1-2H3,(H,25,26,27). The molecule has 0 unspecified atom stereocenters. The highest BCUT2D eigenvalue weighted by Crippen LogP contribution is 2.31. The van der Waals surface area contributed by atoms with E-state index in [0.717, 1.165) is 55.4 Å². The van der Waals surface area contributed by atoms with Crippen molar-refractivity contribution in [2.24, 2.45) is 0 Å². The molecule has 2 fully saturated rings. The number of anilines is 2. The molecule has 2 aliphatic rings. The highest BCUT2D eigenvalue weighted by molar-refractivity contribution is 7.89. The minimum Gasteiger partial charge on any atom is -0.324 e. The van der Waals surface area contributed by atoms with Crippen LogP contribution in [0.3, 0.4) is 0 Å². The number of aromatic nitrogens is 3. The SMILES string of the molecule is Cc1cc(S(=O)(=O)N2CCN(C)CC2)ccc1Nc1ncc2ccc(=O)n(C3CCCC3)c2n1. The largest absolute Gasteiger partial charge is 0.324 e. The number of nitrogens with one attached hydrogen (secondary N) is 1. The van der Waals surface area contributed by atoms with E-state index >= 15 is 0 Å². The minimum absolute atomic E-state index is 0.0429. The lowest BCUT2D eigenvalue weighted by Crippen LogP contribution is -2.47. The summed E-state index contributed by atoms with van der Waals surface area (Å²) in [5.74, 6) is 0.377. The summed E-state index contributed by atoms with van der Waals surface area (Å²) >= 11 is 0. The van der Waals surface area contributed by atoms with Crippen molar-refractivity contribution < 1.29 is 8.42 Å². The molecule has 180 valence electrons. The summed E-state index contributed by atoms with van der Waals surface area (Å²) in [7, 11) is -1.54. The normalized spacial score (nSPS) is 18.5. The minimum atomic E-state index is -3.54. The molecule has 5 rings (SSSR count). The quantitative estimate of drug-likeness (QED) is 0.597. The molecule has 1 saturated carbocycles. The predicted molar refractivity (Wildman–Crippen MR) is 132 cm³/mol. The van der Waals surface area contributed by atoms with E-state index in [1.807, 2.05) is 14.0 Å². The zero-order valence-electron chi connectivity index (χ0n) is 19.6. The molecule has 1 aliphatic heterocycles. The number of rotatable bonds is 5. The van der Waals surface area contributed by atoms with E-state index in [1.165, 1.54) is 0 Å². The van der Waals surface area contributed by atoms with Gasteiger partial charge in [-0.2, -0.15) is 9.29 Å². The van der Waals surface area contributed by atoms with Gasteiger partial charge in [-0.25, -0.2) is 13.4 Å². The molecule has 1 N–H and O–H groups in total. The summed E-state index contributed by atoms with van der Waals surface area (Å²) < 4.78 is 29.5. The summed E-state index contributed by atoms with van der Waals surface area (Å²) in [5.41, 5.74) is 2.09. The van der Waals surface area contributed by atoms with Crippen LogP contribution in [0.2, 0.25) is 0 Å². The molecule has 3 aromatic rings. The first-order valence-electron chi connectivity index (χ1n) is 11.8. The summed E-state index contributed by atoms with van der Waals surface area (Å²) in [6.07, 6.45) is 5.91. The van der Waals surface area contributed by atoms with Crippen LogP contribution in [0.4, 0.5) is 11.6 Å². The number of fused-ring (bicyclic) bond motifs is 1. The van der Waals surface area contributed by atoms with Gasteiger partial charge in [0, 0.05) is 55.6 Å². The predicted octanol–water partition coefficient (Wildman–Crippen LogP) is 2.89. The molecule has 10 heteroatoms. The van der Waals surface area contributed by atoms with Crippen LogP contribution in [-0.4, -0.2) is 65.4 Å². The molecule has 0 atom stereocenters. The van der Waals surface area contributed by atoms with Gasteiger partial charge < -0.3 is 10.2 Å². The molecular weight excluding hydrogens is 452 g/mol. The summed E-state index contributed by atoms with van der Waals surface area (Å²) in [5, 5.41) is 4.03. The lowest BCUT2D eigenvalue weighted by molar-refractivity contribution is 0.222. The maximum Gasteiger partial charge on any atom is 0.252 e. The molecule has 1 aromatic carbocycles. The number of piperazine rings is 1. The molecule has 3 heterocycles. The van der Waals surface area contributed by atoms with Crippen LogP contribution in [0.25, 0.3) is 11.0 Å². The third kappa shape index (κ3) is 4.33. The average molecular weight is 483 g/mol. The molecule has 1 aliphatic carbocycles. The molecule has 1 saturated heterocycles. The van der Waals surface area contributed by atoms with Crippen molar-refractivity contribution in [1.82, 2.24) is 23.7 Å². The number of pyridine rings is 1. The summed E-state index contributed by atoms with van der Waals surface area (Å²) in [6.45, 7) is 4.30. The van der Waals surface area contributed by atoms with E-state index in [9.17, 15) is 13.2 Å². The van der Waals surface area contributed by atoms with Gasteiger partial charge in [-0.05, 0) is 56.6 Å². The Bertz CT molecular complexity index is 1370. The van der Waals surface area contributed by atoms with Crippen molar-refractivity contribution in [3.05, 3.63) is 52.4 Å². The Morgan fingerprint density at radius 2 is 1.76 bits per heavy atom. The Hall–Kier alpha value is -2.82. The van der Waals surface area contributed by atoms with E-state index in [1.54, 1.807) is 45.4 Å². The van der Waals surface area contributed by atoms with Gasteiger partial charge in [0.1, 0.15) is 5.65 Å². The fourth-order valence-corrected chi connectivity index (χ4v) is 6.36. The number of nitrogens with zero attached hydrogens (tertiary/aromatic N) is 5. The molecule has 0 spiro atoms. The fraction of sp³-hybridized carbons (Fsp3) is 0.458. The number of sulfonamides is 1. The topological polar surface area (TPSA) is 100 Å². The molecule has 2 aromatic heterocycles. The van der Waals surface area contributed by atoms with Crippen LogP contribution in [0.1, 0.15) is 37.3 Å². The molecule has 9 nitrogen and oxygen atoms in total. The molecule has 34 heavy (non-hydrogen) atoms. The zero-order chi connectivity index (χ0) is 23.9. The lowest BCUT2D eigenvalue weighted by atomic mass is 10.2. The molecular formula is C24H30N6O3S. The Morgan fingerprint density at radius 1 is 1.03 bits per heavy atom. The van der Waals surface area contributed by atoms with Crippen molar-refractivity contribution >= 4 is 32.7 Å². The van der Waals surface area contributed by atoms with Crippen molar-refractivity contribution in [1.29, 1.82) is 0 Å². The van der Waals surface area contributed by atoms with Gasteiger partial charge >= 0.3 is 0 Å². The Labute approximate surface area is 199 Å². The van der Waals surface area contributed by atoms with Crippen LogP contribution < -0.4 is 10.9 Å². The van der Waals surface area contributed by atoms with E-state index in [-0.39, 0.29) is 16.5 Å². The average Bonchev–Trinajstić information content (AvgIpc) is 3.35. The van der Waals surface area contributed by atoms with Crippen LogP contribution in [0.15, 0.2) is 46.2 Å². The number of aryl methyl sites for hydroxylation is 1. The number of hydrogen-bond acceptors (Lipinski definition) is 7. The van der Waals surface area contributed by atoms with E-state index < -0.39 is 10.0 Å². The Balaban J connectivity index is 1.43. The van der Waals surface area contributed by atoms with Gasteiger partial charge in [0.05, 0.1) is 4.90 Å². The number of benzene rings is 1. The first kappa shape index (κ1) is 22.9. The molecule has 0 radical (unpaired) electrons. The number of hydrogen-bond donors (Lipinski definition) is 1. The van der Waals surface area contributed by atoms with Gasteiger partial charge in [-0.3, -0.25) is 9.36 Å². The van der Waals surface area contributed by atoms with Crippen molar-refractivity contribution in [2.75, 3.05) is 38.5 Å². The van der Waals surface area contributed by atoms with Gasteiger partial charge in [0.25, 0.3) is 5.56 Å². The lowest BCUT2D eigenvalue weighted by Gasteiger charge is -2.31. The van der Waals surface area contributed by atoms with Gasteiger partial charge in [-0.15, -0.1) is 0 Å². The Morgan fingerprint density at radius 3 is 2.47 bits per heavy atom. The van der Waals surface area contributed by atoms with Crippen LogP contribution in [0.5, 0.6) is 0 Å². The summed E-state index contributed by atoms with van der Waals surface area (Å²) in [4.78, 5) is 24.2. The third-order valence-corrected chi connectivity index (χ3v) is 8.80. The zero-order valence-corrected chi connectivity index (χ0v) is 20.4.